The number of para-hydroxylation sites is 1. The summed E-state index contributed by atoms with van der Waals surface area (Å²) in [7, 11) is 0. The van der Waals surface area contributed by atoms with E-state index in [-0.39, 0.29) is 22.9 Å². The highest BCUT2D eigenvalue weighted by atomic mass is 79.9. The Balaban J connectivity index is 0.00000533. The molecule has 2 aromatic carbocycles. The lowest BCUT2D eigenvalue weighted by atomic mass is 10.1. The summed E-state index contributed by atoms with van der Waals surface area (Å²) in [6.07, 6.45) is 16.3. The quantitative estimate of drug-likeness (QED) is 0.140. The molecular weight excluding hydrogens is 568 g/mol. The Morgan fingerprint density at radius 3 is 2.21 bits per heavy atom. The number of amides is 1. The fourth-order valence-electron chi connectivity index (χ4n) is 4.75. The predicted molar refractivity (Wildman–Crippen MR) is 160 cm³/mol. The number of carbonyl (C=O) groups excluding carboxylic acids is 1. The van der Waals surface area contributed by atoms with Crippen LogP contribution < -0.4 is 31.6 Å². The van der Waals surface area contributed by atoms with Crippen molar-refractivity contribution >= 4 is 22.9 Å². The maximum absolute atomic E-state index is 12.8. The van der Waals surface area contributed by atoms with Gasteiger partial charge < -0.3 is 27.0 Å². The van der Waals surface area contributed by atoms with Gasteiger partial charge in [0.1, 0.15) is 5.75 Å². The fourth-order valence-corrected chi connectivity index (χ4v) is 5.53. The molecule has 0 aliphatic heterocycles. The highest BCUT2D eigenvalue weighted by molar-refractivity contribution is 7.07. The monoisotopic (exact) mass is 614 g/mol. The molecule has 0 bridgehead atoms. The van der Waals surface area contributed by atoms with Gasteiger partial charge in [0.05, 0.1) is 18.4 Å². The second-order valence-corrected chi connectivity index (χ2v) is 11.1. The van der Waals surface area contributed by atoms with E-state index in [0.29, 0.717) is 13.0 Å². The van der Waals surface area contributed by atoms with Crippen molar-refractivity contribution in [1.29, 1.82) is 0 Å². The van der Waals surface area contributed by atoms with Crippen molar-refractivity contribution in [3.8, 4) is 5.75 Å². The molecule has 0 saturated heterocycles. The second-order valence-electron chi connectivity index (χ2n) is 10.4. The Labute approximate surface area is 251 Å². The standard InChI is InChI=1S/C33H46N2O2S.BrH/c1-3-4-5-6-7-8-9-10-11-12-13-16-22-37-32-21-15-14-19-30(32)24-33(36)34-31-20-17-18-29(23-31)25-35-27-38-26-28(35)2;/h14-15,17-21,23,26-27H,3-13,16,22,24-25H2,1-2H3;1H. The number of rotatable bonds is 19. The average Bonchev–Trinajstić information content (AvgIpc) is 3.31. The van der Waals surface area contributed by atoms with Crippen LogP contribution in [0.25, 0.3) is 0 Å². The van der Waals surface area contributed by atoms with E-state index in [1.165, 1.54) is 81.9 Å². The number of halogens is 1. The molecular formula is C33H47BrN2O2S. The SMILES string of the molecule is CCCCCCCCCCCCCCOc1ccccc1CC(=O)Nc1cccc(C[n+]2cscc2C)c1.[Br-]. The molecule has 4 nitrogen and oxygen atoms in total. The van der Waals surface area contributed by atoms with E-state index in [9.17, 15) is 4.79 Å². The molecule has 1 heterocycles. The Bertz CT molecular complexity index is 1080. The molecule has 0 spiro atoms. The minimum absolute atomic E-state index is 0. The molecule has 0 radical (unpaired) electrons. The van der Waals surface area contributed by atoms with Crippen molar-refractivity contribution < 1.29 is 31.1 Å². The number of thiazole rings is 1. The number of benzene rings is 2. The van der Waals surface area contributed by atoms with Gasteiger partial charge in [-0.05, 0) is 24.6 Å². The maximum atomic E-state index is 12.8. The molecule has 6 heteroatoms. The lowest BCUT2D eigenvalue weighted by Gasteiger charge is -2.12. The zero-order chi connectivity index (χ0) is 26.8. The summed E-state index contributed by atoms with van der Waals surface area (Å²) >= 11 is 1.70. The summed E-state index contributed by atoms with van der Waals surface area (Å²) in [5, 5.41) is 5.21. The Hall–Kier alpha value is -2.18. The third-order valence-electron chi connectivity index (χ3n) is 7.02. The van der Waals surface area contributed by atoms with Crippen LogP contribution in [0.4, 0.5) is 5.69 Å². The maximum Gasteiger partial charge on any atom is 0.228 e. The van der Waals surface area contributed by atoms with Gasteiger partial charge in [-0.1, -0.05) is 119 Å². The van der Waals surface area contributed by atoms with Gasteiger partial charge in [-0.2, -0.15) is 4.57 Å². The Morgan fingerprint density at radius 2 is 1.54 bits per heavy atom. The summed E-state index contributed by atoms with van der Waals surface area (Å²) in [5.74, 6) is 0.798. The molecule has 1 aromatic heterocycles. The van der Waals surface area contributed by atoms with E-state index in [2.05, 4.69) is 46.8 Å². The minimum Gasteiger partial charge on any atom is -1.00 e. The number of aryl methyl sites for hydroxylation is 1. The van der Waals surface area contributed by atoms with E-state index in [0.717, 1.165) is 30.0 Å². The van der Waals surface area contributed by atoms with Gasteiger partial charge in [0, 0.05) is 23.7 Å². The molecule has 3 rings (SSSR count). The second kappa shape index (κ2) is 19.8. The summed E-state index contributed by atoms with van der Waals surface area (Å²) in [5.41, 5.74) is 6.29. The molecule has 214 valence electrons. The van der Waals surface area contributed by atoms with E-state index < -0.39 is 0 Å². The topological polar surface area (TPSA) is 42.2 Å². The van der Waals surface area contributed by atoms with Crippen molar-refractivity contribution in [2.45, 2.75) is 104 Å². The molecule has 3 aromatic rings. The van der Waals surface area contributed by atoms with Gasteiger partial charge in [0.15, 0.2) is 12.2 Å². The molecule has 0 aliphatic rings. The van der Waals surface area contributed by atoms with Gasteiger partial charge >= 0.3 is 0 Å². The zero-order valence-corrected chi connectivity index (χ0v) is 26.3. The highest BCUT2D eigenvalue weighted by Gasteiger charge is 2.12. The molecule has 0 atom stereocenters. The number of hydrogen-bond acceptors (Lipinski definition) is 3. The third-order valence-corrected chi connectivity index (χ3v) is 7.88. The third kappa shape index (κ3) is 13.1. The van der Waals surface area contributed by atoms with E-state index in [1.807, 2.05) is 36.4 Å². The van der Waals surface area contributed by atoms with Crippen molar-refractivity contribution in [2.24, 2.45) is 0 Å². The minimum atomic E-state index is -0.0251. The van der Waals surface area contributed by atoms with Crippen LogP contribution in [0, 0.1) is 6.92 Å². The number of nitrogens with one attached hydrogen (secondary N) is 1. The van der Waals surface area contributed by atoms with Gasteiger partial charge in [0.25, 0.3) is 0 Å². The molecule has 0 aliphatic carbocycles. The van der Waals surface area contributed by atoms with Crippen LogP contribution in [-0.2, 0) is 17.8 Å². The summed E-state index contributed by atoms with van der Waals surface area (Å²) in [6, 6.07) is 16.0. The van der Waals surface area contributed by atoms with Crippen LogP contribution in [0.15, 0.2) is 59.4 Å². The first kappa shape index (κ1) is 33.0. The van der Waals surface area contributed by atoms with E-state index >= 15 is 0 Å². The van der Waals surface area contributed by atoms with Crippen molar-refractivity contribution in [2.75, 3.05) is 11.9 Å². The van der Waals surface area contributed by atoms with Crippen molar-refractivity contribution in [3.63, 3.8) is 0 Å². The summed E-state index contributed by atoms with van der Waals surface area (Å²) in [6.45, 7) is 5.89. The molecule has 1 amide bonds. The highest BCUT2D eigenvalue weighted by Crippen LogP contribution is 2.20. The smallest absolute Gasteiger partial charge is 0.228 e. The normalized spacial score (nSPS) is 10.7. The summed E-state index contributed by atoms with van der Waals surface area (Å²) < 4.78 is 8.31. The average molecular weight is 616 g/mol. The van der Waals surface area contributed by atoms with Gasteiger partial charge in [-0.15, -0.1) is 0 Å². The van der Waals surface area contributed by atoms with E-state index in [1.54, 1.807) is 11.3 Å². The number of unbranched alkanes of at least 4 members (excludes halogenated alkanes) is 11. The number of anilines is 1. The first-order chi connectivity index (χ1) is 18.7. The number of hydrogen-bond donors (Lipinski definition) is 1. The lowest BCUT2D eigenvalue weighted by Crippen LogP contribution is -3.00. The van der Waals surface area contributed by atoms with Crippen molar-refractivity contribution in [3.05, 3.63) is 76.2 Å². The number of aromatic nitrogens is 1. The predicted octanol–water partition coefficient (Wildman–Crippen LogP) is 5.66. The summed E-state index contributed by atoms with van der Waals surface area (Å²) in [4.78, 5) is 12.8. The van der Waals surface area contributed by atoms with E-state index in [4.69, 9.17) is 4.74 Å². The molecule has 0 saturated carbocycles. The van der Waals surface area contributed by atoms with Crippen LogP contribution in [0.1, 0.15) is 101 Å². The van der Waals surface area contributed by atoms with Gasteiger partial charge in [0.2, 0.25) is 11.4 Å². The van der Waals surface area contributed by atoms with Gasteiger partial charge in [-0.25, -0.2) is 0 Å². The molecule has 0 fully saturated rings. The number of ether oxygens (including phenoxy) is 1. The van der Waals surface area contributed by atoms with Crippen LogP contribution >= 0.6 is 11.3 Å². The first-order valence-corrected chi connectivity index (χ1v) is 15.6. The Morgan fingerprint density at radius 1 is 0.872 bits per heavy atom. The molecule has 39 heavy (non-hydrogen) atoms. The van der Waals surface area contributed by atoms with Crippen LogP contribution in [0.3, 0.4) is 0 Å². The van der Waals surface area contributed by atoms with Crippen LogP contribution in [-0.4, -0.2) is 12.5 Å². The lowest BCUT2D eigenvalue weighted by molar-refractivity contribution is -0.689. The molecule has 0 unspecified atom stereocenters. The fraction of sp³-hybridized carbons (Fsp3) is 0.515. The largest absolute Gasteiger partial charge is 1.00 e. The first-order valence-electron chi connectivity index (χ1n) is 14.7. The molecule has 1 N–H and O–H groups in total. The Kier molecular flexibility index (Phi) is 16.8. The number of carbonyl (C=O) groups is 1. The van der Waals surface area contributed by atoms with Crippen LogP contribution in [0.2, 0.25) is 0 Å². The zero-order valence-electron chi connectivity index (χ0n) is 23.9. The van der Waals surface area contributed by atoms with Crippen molar-refractivity contribution in [1.82, 2.24) is 0 Å². The number of nitrogens with zero attached hydrogens (tertiary/aromatic N) is 1. The van der Waals surface area contributed by atoms with Gasteiger partial charge in [-0.3, -0.25) is 4.79 Å². The van der Waals surface area contributed by atoms with Crippen LogP contribution in [0.5, 0.6) is 5.75 Å².